The predicted molar refractivity (Wildman–Crippen MR) is 99.2 cm³/mol. The Morgan fingerprint density at radius 2 is 2.12 bits per heavy atom. The van der Waals surface area contributed by atoms with Gasteiger partial charge in [-0.25, -0.2) is 12.7 Å². The molecule has 2 fully saturated rings. The summed E-state index contributed by atoms with van der Waals surface area (Å²) >= 11 is 0. The normalized spacial score (nSPS) is 23.5. The van der Waals surface area contributed by atoms with Crippen molar-refractivity contribution in [2.75, 3.05) is 59.1 Å². The van der Waals surface area contributed by atoms with Crippen LogP contribution in [0.15, 0.2) is 21.8 Å². The molecule has 2 saturated heterocycles. The molecular formula is C16H28N6O3S. The minimum atomic E-state index is -3.08. The fourth-order valence-corrected chi connectivity index (χ4v) is 4.42. The molecule has 1 atom stereocenters. The average Bonchev–Trinajstić information content (AvgIpc) is 3.28. The lowest BCUT2D eigenvalue weighted by Gasteiger charge is -2.36. The van der Waals surface area contributed by atoms with Crippen LogP contribution in [0.4, 0.5) is 0 Å². The number of rotatable bonds is 5. The Hall–Kier alpha value is -1.65. The molecular weight excluding hydrogens is 356 g/mol. The summed E-state index contributed by atoms with van der Waals surface area (Å²) in [5.41, 5.74) is 0.956. The van der Waals surface area contributed by atoms with E-state index in [1.807, 2.05) is 6.07 Å². The van der Waals surface area contributed by atoms with E-state index in [0.29, 0.717) is 19.0 Å². The fourth-order valence-electron chi connectivity index (χ4n) is 3.50. The molecule has 2 aliphatic rings. The second-order valence-electron chi connectivity index (χ2n) is 6.96. The van der Waals surface area contributed by atoms with Gasteiger partial charge in [0.15, 0.2) is 5.96 Å². The van der Waals surface area contributed by atoms with Crippen LogP contribution in [-0.4, -0.2) is 92.8 Å². The van der Waals surface area contributed by atoms with Gasteiger partial charge in [-0.15, -0.1) is 0 Å². The fraction of sp³-hybridized carbons (Fsp3) is 0.750. The second kappa shape index (κ2) is 8.36. The highest BCUT2D eigenvalue weighted by atomic mass is 32.2. The minimum absolute atomic E-state index is 0.329. The van der Waals surface area contributed by atoms with Gasteiger partial charge >= 0.3 is 0 Å². The number of nitrogens with zero attached hydrogens (tertiary/aromatic N) is 5. The van der Waals surface area contributed by atoms with Crippen molar-refractivity contribution >= 4 is 16.0 Å². The Morgan fingerprint density at radius 3 is 2.69 bits per heavy atom. The largest absolute Gasteiger partial charge is 0.364 e. The third-order valence-electron chi connectivity index (χ3n) is 5.03. The molecule has 3 rings (SSSR count). The topological polar surface area (TPSA) is 94.3 Å². The van der Waals surface area contributed by atoms with Crippen molar-refractivity contribution in [3.63, 3.8) is 0 Å². The molecule has 0 aliphatic carbocycles. The van der Waals surface area contributed by atoms with E-state index in [4.69, 9.17) is 4.52 Å². The Labute approximate surface area is 155 Å². The number of sulfonamides is 1. The molecule has 0 spiro atoms. The van der Waals surface area contributed by atoms with Crippen molar-refractivity contribution in [1.82, 2.24) is 24.6 Å². The van der Waals surface area contributed by atoms with Gasteiger partial charge in [0.05, 0.1) is 11.9 Å². The standard InChI is InChI=1S/C16H28N6O3S/c1-17-16(18-11-14-3-5-22(12-14)26(2,23)24)21-8-6-20(7-9-21)13-15-4-10-25-19-15/h4,10,14H,3,5-9,11-13H2,1-2H3,(H,17,18). The summed E-state index contributed by atoms with van der Waals surface area (Å²) in [5, 5.41) is 7.39. The molecule has 1 N–H and O–H groups in total. The van der Waals surface area contributed by atoms with E-state index < -0.39 is 10.0 Å². The van der Waals surface area contributed by atoms with Crippen LogP contribution in [0.2, 0.25) is 0 Å². The summed E-state index contributed by atoms with van der Waals surface area (Å²) in [7, 11) is -1.29. The Balaban J connectivity index is 1.42. The molecule has 0 bridgehead atoms. The summed E-state index contributed by atoms with van der Waals surface area (Å²) in [4.78, 5) is 9.00. The molecule has 10 heteroatoms. The summed E-state index contributed by atoms with van der Waals surface area (Å²) in [6.45, 7) is 6.45. The van der Waals surface area contributed by atoms with Crippen molar-refractivity contribution < 1.29 is 12.9 Å². The van der Waals surface area contributed by atoms with Crippen molar-refractivity contribution in [3.05, 3.63) is 18.0 Å². The Bertz CT molecular complexity index is 698. The highest BCUT2D eigenvalue weighted by Gasteiger charge is 2.29. The maximum absolute atomic E-state index is 11.6. The van der Waals surface area contributed by atoms with E-state index in [0.717, 1.165) is 57.3 Å². The highest BCUT2D eigenvalue weighted by molar-refractivity contribution is 7.88. The number of guanidine groups is 1. The van der Waals surface area contributed by atoms with Crippen LogP contribution in [0, 0.1) is 5.92 Å². The monoisotopic (exact) mass is 384 g/mol. The molecule has 0 aromatic carbocycles. The zero-order valence-corrected chi connectivity index (χ0v) is 16.3. The lowest BCUT2D eigenvalue weighted by molar-refractivity contribution is 0.168. The first-order valence-corrected chi connectivity index (χ1v) is 10.8. The van der Waals surface area contributed by atoms with Gasteiger partial charge in [-0.1, -0.05) is 5.16 Å². The van der Waals surface area contributed by atoms with Crippen LogP contribution in [-0.2, 0) is 16.6 Å². The molecule has 1 aromatic rings. The van der Waals surface area contributed by atoms with Gasteiger partial charge in [0, 0.05) is 65.5 Å². The van der Waals surface area contributed by atoms with Gasteiger partial charge in [-0.2, -0.15) is 0 Å². The molecule has 26 heavy (non-hydrogen) atoms. The Kier molecular flexibility index (Phi) is 6.15. The number of hydrogen-bond donors (Lipinski definition) is 1. The molecule has 1 aromatic heterocycles. The molecule has 9 nitrogen and oxygen atoms in total. The van der Waals surface area contributed by atoms with Crippen molar-refractivity contribution in [2.45, 2.75) is 13.0 Å². The van der Waals surface area contributed by atoms with E-state index in [2.05, 4.69) is 25.3 Å². The third kappa shape index (κ3) is 4.95. The first-order valence-electron chi connectivity index (χ1n) is 8.98. The number of piperazine rings is 1. The first-order chi connectivity index (χ1) is 12.5. The summed E-state index contributed by atoms with van der Waals surface area (Å²) < 4.78 is 29.7. The summed E-state index contributed by atoms with van der Waals surface area (Å²) in [5.74, 6) is 1.22. The van der Waals surface area contributed by atoms with Crippen LogP contribution in [0.1, 0.15) is 12.1 Å². The van der Waals surface area contributed by atoms with Gasteiger partial charge < -0.3 is 14.7 Å². The van der Waals surface area contributed by atoms with Crippen LogP contribution < -0.4 is 5.32 Å². The molecule has 146 valence electrons. The van der Waals surface area contributed by atoms with Gasteiger partial charge in [0.2, 0.25) is 10.0 Å². The van der Waals surface area contributed by atoms with E-state index in [9.17, 15) is 8.42 Å². The van der Waals surface area contributed by atoms with Crippen LogP contribution in [0.3, 0.4) is 0 Å². The highest BCUT2D eigenvalue weighted by Crippen LogP contribution is 2.18. The third-order valence-corrected chi connectivity index (χ3v) is 6.30. The molecule has 0 radical (unpaired) electrons. The first kappa shape index (κ1) is 19.1. The van der Waals surface area contributed by atoms with E-state index in [-0.39, 0.29) is 0 Å². The SMILES string of the molecule is CN=C(NCC1CCN(S(C)(=O)=O)C1)N1CCN(Cc2ccon2)CC1. The van der Waals surface area contributed by atoms with Crippen molar-refractivity contribution in [1.29, 1.82) is 0 Å². The predicted octanol–water partition coefficient (Wildman–Crippen LogP) is -0.351. The minimum Gasteiger partial charge on any atom is -0.364 e. The van der Waals surface area contributed by atoms with Gasteiger partial charge in [-0.05, 0) is 12.3 Å². The van der Waals surface area contributed by atoms with Gasteiger partial charge in [0.1, 0.15) is 6.26 Å². The van der Waals surface area contributed by atoms with Crippen molar-refractivity contribution in [3.8, 4) is 0 Å². The number of aromatic nitrogens is 1. The summed E-state index contributed by atoms with van der Waals surface area (Å²) in [6.07, 6.45) is 3.77. The van der Waals surface area contributed by atoms with Crippen LogP contribution in [0.5, 0.6) is 0 Å². The van der Waals surface area contributed by atoms with Gasteiger partial charge in [-0.3, -0.25) is 9.89 Å². The smallest absolute Gasteiger partial charge is 0.211 e. The van der Waals surface area contributed by atoms with E-state index in [1.165, 1.54) is 6.26 Å². The summed E-state index contributed by atoms with van der Waals surface area (Å²) in [6, 6.07) is 1.90. The number of aliphatic imine (C=N–C) groups is 1. The zero-order chi connectivity index (χ0) is 18.6. The zero-order valence-electron chi connectivity index (χ0n) is 15.5. The molecule has 3 heterocycles. The van der Waals surface area contributed by atoms with E-state index >= 15 is 0 Å². The van der Waals surface area contributed by atoms with E-state index in [1.54, 1.807) is 17.6 Å². The lowest BCUT2D eigenvalue weighted by atomic mass is 10.1. The maximum atomic E-state index is 11.6. The molecule has 2 aliphatic heterocycles. The van der Waals surface area contributed by atoms with Crippen LogP contribution in [0.25, 0.3) is 0 Å². The molecule has 1 unspecified atom stereocenters. The second-order valence-corrected chi connectivity index (χ2v) is 8.94. The quantitative estimate of drug-likeness (QED) is 0.548. The average molecular weight is 385 g/mol. The van der Waals surface area contributed by atoms with Crippen molar-refractivity contribution in [2.24, 2.45) is 10.9 Å². The molecule has 0 amide bonds. The van der Waals surface area contributed by atoms with Gasteiger partial charge in [0.25, 0.3) is 0 Å². The number of nitrogens with one attached hydrogen (secondary N) is 1. The van der Waals surface area contributed by atoms with Crippen LogP contribution >= 0.6 is 0 Å². The maximum Gasteiger partial charge on any atom is 0.211 e. The number of hydrogen-bond acceptors (Lipinski definition) is 6. The molecule has 0 saturated carbocycles. The Morgan fingerprint density at radius 1 is 1.35 bits per heavy atom. The lowest BCUT2D eigenvalue weighted by Crippen LogP contribution is -2.52.